The molecule has 0 aromatic carbocycles. The molecule has 2 unspecified atom stereocenters. The van der Waals surface area contributed by atoms with Gasteiger partial charge in [0.15, 0.2) is 12.6 Å². The third-order valence-corrected chi connectivity index (χ3v) is 3.98. The Labute approximate surface area is 130 Å². The summed E-state index contributed by atoms with van der Waals surface area (Å²) >= 11 is 0. The maximum atomic E-state index is 9.94. The Morgan fingerprint density at radius 2 is 1.26 bits per heavy atom. The highest BCUT2D eigenvalue weighted by Crippen LogP contribution is 2.28. The van der Waals surface area contributed by atoms with Crippen LogP contribution >= 0.6 is 0 Å². The Hall–Kier alpha value is -0.440. The van der Waals surface area contributed by atoms with Crippen LogP contribution in [0.25, 0.3) is 0 Å². The second kappa shape index (κ2) is 7.63. The Kier molecular flexibility index (Phi) is 6.27. The van der Waals surface area contributed by atoms with Gasteiger partial charge in [0.2, 0.25) is 0 Å². The molecule has 0 bridgehead atoms. The predicted octanol–water partition coefficient (Wildman–Crippen LogP) is -5.40. The smallest absolute Gasteiger partial charge is 0.187 e. The fourth-order valence-electron chi connectivity index (χ4n) is 2.57. The molecule has 0 saturated carbocycles. The van der Waals surface area contributed by atoms with E-state index in [1.165, 1.54) is 0 Å². The van der Waals surface area contributed by atoms with Gasteiger partial charge in [0.1, 0.15) is 48.8 Å². The number of ether oxygens (including phenoxy) is 3. The van der Waals surface area contributed by atoms with Crippen LogP contribution < -0.4 is 0 Å². The summed E-state index contributed by atoms with van der Waals surface area (Å²) < 4.78 is 15.3. The van der Waals surface area contributed by atoms with Crippen molar-refractivity contribution < 1.29 is 55.1 Å². The molecule has 0 aromatic heterocycles. The molecule has 8 N–H and O–H groups in total. The number of hydrogen-bond donors (Lipinski definition) is 8. The summed E-state index contributed by atoms with van der Waals surface area (Å²) in [6.07, 6.45) is -15.6. The molecule has 136 valence electrons. The van der Waals surface area contributed by atoms with Gasteiger partial charge in [0.25, 0.3) is 0 Å². The summed E-state index contributed by atoms with van der Waals surface area (Å²) in [7, 11) is 0. The average Bonchev–Trinajstić information content (AvgIpc) is 2.55. The van der Waals surface area contributed by atoms with E-state index in [4.69, 9.17) is 19.3 Å². The highest BCUT2D eigenvalue weighted by Gasteiger charge is 2.50. The number of rotatable bonds is 4. The zero-order valence-corrected chi connectivity index (χ0v) is 12.0. The normalized spacial score (nSPS) is 51.7. The fourth-order valence-corrected chi connectivity index (χ4v) is 2.57. The molecule has 23 heavy (non-hydrogen) atoms. The van der Waals surface area contributed by atoms with Crippen LogP contribution in [0.2, 0.25) is 0 Å². The summed E-state index contributed by atoms with van der Waals surface area (Å²) in [4.78, 5) is 0. The molecule has 0 spiro atoms. The SMILES string of the molecule is OC[C@H]1OC(O)[C@H](O)[C@H](O)[C@H]1O[C@H]1O[C@H](CO)[C@H](O)C(O)[C@H]1O. The van der Waals surface area contributed by atoms with Crippen molar-refractivity contribution in [3.05, 3.63) is 0 Å². The van der Waals surface area contributed by atoms with Gasteiger partial charge >= 0.3 is 0 Å². The van der Waals surface area contributed by atoms with Crippen LogP contribution in [0, 0.1) is 0 Å². The number of hydrogen-bond acceptors (Lipinski definition) is 11. The van der Waals surface area contributed by atoms with Crippen molar-refractivity contribution in [2.45, 2.75) is 61.4 Å². The van der Waals surface area contributed by atoms with Gasteiger partial charge in [-0.3, -0.25) is 0 Å². The molecule has 11 nitrogen and oxygen atoms in total. The minimum absolute atomic E-state index is 0.667. The van der Waals surface area contributed by atoms with Gasteiger partial charge in [0.05, 0.1) is 13.2 Å². The molecule has 2 aliphatic heterocycles. The van der Waals surface area contributed by atoms with Gasteiger partial charge in [0, 0.05) is 0 Å². The fraction of sp³-hybridized carbons (Fsp3) is 1.00. The number of aliphatic hydroxyl groups is 8. The van der Waals surface area contributed by atoms with Crippen molar-refractivity contribution in [1.82, 2.24) is 0 Å². The maximum absolute atomic E-state index is 9.94. The van der Waals surface area contributed by atoms with Crippen LogP contribution in [0.3, 0.4) is 0 Å². The summed E-state index contributed by atoms with van der Waals surface area (Å²) in [6, 6.07) is 0. The molecule has 0 aromatic rings. The van der Waals surface area contributed by atoms with E-state index in [1.54, 1.807) is 0 Å². The van der Waals surface area contributed by atoms with Crippen LogP contribution in [0.4, 0.5) is 0 Å². The van der Waals surface area contributed by atoms with Gasteiger partial charge in [-0.1, -0.05) is 0 Å². The van der Waals surface area contributed by atoms with E-state index in [-0.39, 0.29) is 0 Å². The number of aliphatic hydroxyl groups excluding tert-OH is 8. The van der Waals surface area contributed by atoms with Crippen molar-refractivity contribution in [1.29, 1.82) is 0 Å². The lowest BCUT2D eigenvalue weighted by Crippen LogP contribution is -2.64. The lowest BCUT2D eigenvalue weighted by atomic mass is 9.97. The first kappa shape index (κ1) is 18.9. The summed E-state index contributed by atoms with van der Waals surface area (Å²) in [6.45, 7) is -1.35. The average molecular weight is 342 g/mol. The lowest BCUT2D eigenvalue weighted by molar-refractivity contribution is -0.355. The molecule has 0 radical (unpaired) electrons. The summed E-state index contributed by atoms with van der Waals surface area (Å²) in [5.41, 5.74) is 0. The molecule has 11 heteroatoms. The minimum Gasteiger partial charge on any atom is -0.394 e. The molecule has 2 saturated heterocycles. The van der Waals surface area contributed by atoms with Crippen molar-refractivity contribution in [3.63, 3.8) is 0 Å². The second-order valence-corrected chi connectivity index (χ2v) is 5.53. The van der Waals surface area contributed by atoms with E-state index in [0.29, 0.717) is 0 Å². The van der Waals surface area contributed by atoms with Gasteiger partial charge in [-0.2, -0.15) is 0 Å². The van der Waals surface area contributed by atoms with Crippen LogP contribution in [-0.2, 0) is 14.2 Å². The first-order valence-corrected chi connectivity index (χ1v) is 7.08. The van der Waals surface area contributed by atoms with Crippen molar-refractivity contribution in [2.75, 3.05) is 13.2 Å². The maximum Gasteiger partial charge on any atom is 0.187 e. The van der Waals surface area contributed by atoms with Gasteiger partial charge in [-0.15, -0.1) is 0 Å². The van der Waals surface area contributed by atoms with Crippen molar-refractivity contribution in [3.8, 4) is 0 Å². The third-order valence-electron chi connectivity index (χ3n) is 3.98. The Morgan fingerprint density at radius 3 is 1.83 bits per heavy atom. The Bertz CT molecular complexity index is 378. The standard InChI is InChI=1S/C12H22O11/c13-1-3-5(15)6(16)9(19)12(22-3)23-10-4(2-14)21-11(20)8(18)7(10)17/h3-20H,1-2H2/t3-,4-,5+,6?,7+,8-,9-,10+,11?,12-/m1/s1. The van der Waals surface area contributed by atoms with Crippen molar-refractivity contribution in [2.24, 2.45) is 0 Å². The van der Waals surface area contributed by atoms with Gasteiger partial charge in [-0.25, -0.2) is 0 Å². The highest BCUT2D eigenvalue weighted by atomic mass is 16.7. The van der Waals surface area contributed by atoms with E-state index in [9.17, 15) is 35.7 Å². The molecular formula is C12H22O11. The van der Waals surface area contributed by atoms with Crippen LogP contribution in [0.1, 0.15) is 0 Å². The largest absolute Gasteiger partial charge is 0.394 e. The first-order chi connectivity index (χ1) is 10.8. The van der Waals surface area contributed by atoms with Crippen LogP contribution in [0.5, 0.6) is 0 Å². The zero-order valence-electron chi connectivity index (χ0n) is 12.0. The predicted molar refractivity (Wildman–Crippen MR) is 68.6 cm³/mol. The topological polar surface area (TPSA) is 190 Å². The molecule has 10 atom stereocenters. The van der Waals surface area contributed by atoms with Crippen LogP contribution in [-0.4, -0.2) is 115 Å². The summed E-state index contributed by atoms with van der Waals surface area (Å²) in [5, 5.41) is 76.5. The molecular weight excluding hydrogens is 320 g/mol. The van der Waals surface area contributed by atoms with Crippen molar-refractivity contribution >= 4 is 0 Å². The van der Waals surface area contributed by atoms with Gasteiger partial charge in [-0.05, 0) is 0 Å². The van der Waals surface area contributed by atoms with E-state index in [1.807, 2.05) is 0 Å². The molecule has 0 aliphatic carbocycles. The Morgan fingerprint density at radius 1 is 0.652 bits per heavy atom. The third kappa shape index (κ3) is 3.65. The van der Waals surface area contributed by atoms with Gasteiger partial charge < -0.3 is 55.1 Å². The first-order valence-electron chi connectivity index (χ1n) is 7.08. The molecule has 2 fully saturated rings. The van der Waals surface area contributed by atoms with E-state index in [0.717, 1.165) is 0 Å². The second-order valence-electron chi connectivity index (χ2n) is 5.53. The summed E-state index contributed by atoms with van der Waals surface area (Å²) in [5.74, 6) is 0. The Balaban J connectivity index is 2.11. The molecule has 2 aliphatic rings. The van der Waals surface area contributed by atoms with Crippen LogP contribution in [0.15, 0.2) is 0 Å². The molecule has 0 amide bonds. The van der Waals surface area contributed by atoms with E-state index >= 15 is 0 Å². The van der Waals surface area contributed by atoms with E-state index < -0.39 is 74.6 Å². The quantitative estimate of drug-likeness (QED) is 0.243. The minimum atomic E-state index is -1.74. The monoisotopic (exact) mass is 342 g/mol. The lowest BCUT2D eigenvalue weighted by Gasteiger charge is -2.45. The zero-order chi connectivity index (χ0) is 17.3. The highest BCUT2D eigenvalue weighted by molar-refractivity contribution is 4.93. The van der Waals surface area contributed by atoms with E-state index in [2.05, 4.69) is 0 Å². The molecule has 2 rings (SSSR count). The molecule has 2 heterocycles.